The number of nitrogens with one attached hydrogen (secondary N) is 2. The van der Waals surface area contributed by atoms with Crippen molar-refractivity contribution in [2.24, 2.45) is 5.73 Å². The first-order chi connectivity index (χ1) is 25.7. The molecule has 1 rings (SSSR count). The van der Waals surface area contributed by atoms with E-state index >= 15 is 0 Å². The Balaban J connectivity index is 2.77. The summed E-state index contributed by atoms with van der Waals surface area (Å²) < 4.78 is 6.15. The summed E-state index contributed by atoms with van der Waals surface area (Å²) in [6, 6.07) is 0. The topological polar surface area (TPSA) is 174 Å². The Bertz CT molecular complexity index is 968. The van der Waals surface area contributed by atoms with Crippen molar-refractivity contribution in [3.05, 3.63) is 12.2 Å². The van der Waals surface area contributed by atoms with E-state index < -0.39 is 49.1 Å². The zero-order chi connectivity index (χ0) is 39.0. The number of aliphatic hydroxyl groups excluding tert-OH is 3. The Hall–Kier alpha value is -2.05. The molecule has 0 unspecified atom stereocenters. The molecule has 4 atom stereocenters. The van der Waals surface area contributed by atoms with Gasteiger partial charge in [0.2, 0.25) is 23.6 Å². The Morgan fingerprint density at radius 3 is 1.68 bits per heavy atom. The Labute approximate surface area is 322 Å². The second kappa shape index (κ2) is 32.2. The van der Waals surface area contributed by atoms with Crippen LogP contribution in [-0.4, -0.2) is 88.3 Å². The predicted molar refractivity (Wildman–Crippen MR) is 214 cm³/mol. The monoisotopic (exact) mass is 753 g/mol. The van der Waals surface area contributed by atoms with Gasteiger partial charge in [0.1, 0.15) is 12.2 Å². The van der Waals surface area contributed by atoms with Crippen molar-refractivity contribution < 1.29 is 34.4 Å². The molecule has 3 amide bonds. The highest BCUT2D eigenvalue weighted by atomic mass is 16.6. The molecule has 11 heteroatoms. The van der Waals surface area contributed by atoms with Gasteiger partial charge >= 0.3 is 0 Å². The number of rotatable bonds is 34. The molecule has 11 nitrogen and oxygen atoms in total. The van der Waals surface area contributed by atoms with Crippen molar-refractivity contribution in [1.29, 1.82) is 0 Å². The highest BCUT2D eigenvalue weighted by Gasteiger charge is 2.52. The summed E-state index contributed by atoms with van der Waals surface area (Å²) in [6.07, 6.45) is 29.4. The largest absolute Gasteiger partial charge is 0.394 e. The molecule has 1 heterocycles. The number of hydrogen-bond acceptors (Lipinski definition) is 8. The molecule has 310 valence electrons. The third kappa shape index (κ3) is 22.8. The van der Waals surface area contributed by atoms with Crippen LogP contribution >= 0.6 is 0 Å². The molecule has 0 spiro atoms. The molecule has 0 aromatic rings. The molecule has 0 aromatic carbocycles. The van der Waals surface area contributed by atoms with Gasteiger partial charge in [0, 0.05) is 19.4 Å². The maximum atomic E-state index is 14.0. The number of aliphatic hydroxyl groups is 3. The van der Waals surface area contributed by atoms with Gasteiger partial charge in [-0.2, -0.15) is 0 Å². The molecule has 0 saturated carbocycles. The van der Waals surface area contributed by atoms with Gasteiger partial charge in [-0.3, -0.25) is 19.3 Å². The van der Waals surface area contributed by atoms with Gasteiger partial charge in [0.05, 0.1) is 25.8 Å². The first-order valence-electron chi connectivity index (χ1n) is 21.6. The molecule has 7 N–H and O–H groups in total. The molecule has 1 fully saturated rings. The lowest BCUT2D eigenvalue weighted by molar-refractivity contribution is -0.280. The molecular formula is C42H80N4O7. The number of carbonyl (C=O) groups is 3. The number of nitrogens with two attached hydrogens (primary N) is 1. The highest BCUT2D eigenvalue weighted by Crippen LogP contribution is 2.32. The number of unbranched alkanes of at least 4 members (excludes halogenated alkanes) is 22. The van der Waals surface area contributed by atoms with E-state index in [1.54, 1.807) is 0 Å². The average molecular weight is 753 g/mol. The van der Waals surface area contributed by atoms with E-state index in [9.17, 15) is 29.7 Å². The van der Waals surface area contributed by atoms with E-state index in [-0.39, 0.29) is 31.8 Å². The summed E-state index contributed by atoms with van der Waals surface area (Å²) >= 11 is 0. The normalized spacial score (nSPS) is 20.2. The average Bonchev–Trinajstić information content (AvgIpc) is 3.15. The summed E-state index contributed by atoms with van der Waals surface area (Å²) in [4.78, 5) is 40.4. The van der Waals surface area contributed by atoms with Crippen LogP contribution in [0, 0.1) is 0 Å². The van der Waals surface area contributed by atoms with Crippen LogP contribution < -0.4 is 16.4 Å². The summed E-state index contributed by atoms with van der Waals surface area (Å²) in [7, 11) is 0. The lowest BCUT2D eigenvalue weighted by Crippen LogP contribution is -2.72. The van der Waals surface area contributed by atoms with E-state index in [1.807, 2.05) is 0 Å². The SMILES string of the molecule is CCCCCCCC/C=C\CCCCCCCC(=O)N(CCCCCCCCCCCCCC)[C@@]1(NC(=O)CNC(=O)CN)C[C@@H](O)[C@H](O)[C@@H](CO)O1. The molecule has 53 heavy (non-hydrogen) atoms. The lowest BCUT2D eigenvalue weighted by atomic mass is 9.96. The van der Waals surface area contributed by atoms with Crippen molar-refractivity contribution in [2.45, 2.75) is 211 Å². The summed E-state index contributed by atoms with van der Waals surface area (Å²) in [5, 5.41) is 36.6. The van der Waals surface area contributed by atoms with Crippen LogP contribution in [0.3, 0.4) is 0 Å². The predicted octanol–water partition coefficient (Wildman–Crippen LogP) is 6.90. The number of allylic oxidation sites excluding steroid dienone is 2. The van der Waals surface area contributed by atoms with E-state index in [1.165, 1.54) is 94.8 Å². The number of carbonyl (C=O) groups excluding carboxylic acids is 3. The van der Waals surface area contributed by atoms with Crippen LogP contribution in [0.2, 0.25) is 0 Å². The van der Waals surface area contributed by atoms with E-state index in [0.717, 1.165) is 57.8 Å². The molecule has 0 radical (unpaired) electrons. The van der Waals surface area contributed by atoms with Gasteiger partial charge in [-0.1, -0.05) is 148 Å². The lowest BCUT2D eigenvalue weighted by Gasteiger charge is -2.50. The maximum Gasteiger partial charge on any atom is 0.243 e. The van der Waals surface area contributed by atoms with Gasteiger partial charge in [-0.15, -0.1) is 0 Å². The highest BCUT2D eigenvalue weighted by molar-refractivity contribution is 5.86. The van der Waals surface area contributed by atoms with Crippen LogP contribution in [0.1, 0.15) is 187 Å². The molecule has 0 aliphatic carbocycles. The minimum absolute atomic E-state index is 0.225. The van der Waals surface area contributed by atoms with Crippen molar-refractivity contribution in [2.75, 3.05) is 26.2 Å². The zero-order valence-electron chi connectivity index (χ0n) is 33.8. The summed E-state index contributed by atoms with van der Waals surface area (Å²) in [6.45, 7) is 3.45. The third-order valence-electron chi connectivity index (χ3n) is 10.4. The number of nitrogens with zero attached hydrogens (tertiary/aromatic N) is 1. The summed E-state index contributed by atoms with van der Waals surface area (Å²) in [5.74, 6) is -3.18. The Morgan fingerprint density at radius 2 is 1.19 bits per heavy atom. The van der Waals surface area contributed by atoms with Gasteiger partial charge < -0.3 is 36.4 Å². The minimum Gasteiger partial charge on any atom is -0.394 e. The van der Waals surface area contributed by atoms with Gasteiger partial charge in [-0.05, 0) is 38.5 Å². The molecule has 0 bridgehead atoms. The van der Waals surface area contributed by atoms with Crippen molar-refractivity contribution in [3.63, 3.8) is 0 Å². The van der Waals surface area contributed by atoms with E-state index in [0.29, 0.717) is 12.8 Å². The quantitative estimate of drug-likeness (QED) is 0.0234. The smallest absolute Gasteiger partial charge is 0.243 e. The molecule has 0 aromatic heterocycles. The first-order valence-corrected chi connectivity index (χ1v) is 21.6. The van der Waals surface area contributed by atoms with Crippen LogP contribution in [-0.2, 0) is 19.1 Å². The Morgan fingerprint density at radius 1 is 0.717 bits per heavy atom. The molecule has 1 aliphatic heterocycles. The summed E-state index contributed by atoms with van der Waals surface area (Å²) in [5.41, 5.74) is 5.38. The van der Waals surface area contributed by atoms with Crippen LogP contribution in [0.25, 0.3) is 0 Å². The van der Waals surface area contributed by atoms with Crippen LogP contribution in [0.5, 0.6) is 0 Å². The van der Waals surface area contributed by atoms with E-state index in [2.05, 4.69) is 36.6 Å². The second-order valence-electron chi connectivity index (χ2n) is 15.2. The second-order valence-corrected chi connectivity index (χ2v) is 15.2. The fourth-order valence-electron chi connectivity index (χ4n) is 7.10. The maximum absolute atomic E-state index is 14.0. The van der Waals surface area contributed by atoms with Crippen LogP contribution in [0.4, 0.5) is 0 Å². The first kappa shape index (κ1) is 49.0. The molecule has 1 saturated heterocycles. The van der Waals surface area contributed by atoms with Gasteiger partial charge in [-0.25, -0.2) is 0 Å². The zero-order valence-corrected chi connectivity index (χ0v) is 33.8. The van der Waals surface area contributed by atoms with E-state index in [4.69, 9.17) is 10.5 Å². The van der Waals surface area contributed by atoms with Crippen molar-refractivity contribution >= 4 is 17.7 Å². The standard InChI is InChI=1S/C42H80N4O7/c1-3-5-7-9-11-13-15-17-18-19-20-22-24-26-28-30-40(51)46(31-29-27-25-23-21-16-14-12-10-8-6-4-2)42(45-39(50)34-44-38(49)33-43)32-36(48)41(52)37(35-47)53-42/h17-18,36-37,41,47-48,52H,3-16,19-35,43H2,1-2H3,(H,44,49)(H,45,50)/b18-17-/t36-,37-,41+,42+/m1/s1. The third-order valence-corrected chi connectivity index (χ3v) is 10.4. The van der Waals surface area contributed by atoms with Crippen molar-refractivity contribution in [3.8, 4) is 0 Å². The van der Waals surface area contributed by atoms with Gasteiger partial charge in [0.25, 0.3) is 0 Å². The number of ether oxygens (including phenoxy) is 1. The van der Waals surface area contributed by atoms with Crippen LogP contribution in [0.15, 0.2) is 12.2 Å². The molecule has 1 aliphatic rings. The van der Waals surface area contributed by atoms with Crippen molar-refractivity contribution in [1.82, 2.24) is 15.5 Å². The van der Waals surface area contributed by atoms with Gasteiger partial charge in [0.15, 0.2) is 0 Å². The molecular weight excluding hydrogens is 672 g/mol. The Kier molecular flexibility index (Phi) is 29.8. The fraction of sp³-hybridized carbons (Fsp3) is 0.881. The fourth-order valence-corrected chi connectivity index (χ4v) is 7.10. The number of hydrogen-bond donors (Lipinski definition) is 6. The number of amides is 3. The minimum atomic E-state index is -1.80.